The van der Waals surface area contributed by atoms with Crippen LogP contribution in [0.2, 0.25) is 0 Å². The lowest BCUT2D eigenvalue weighted by molar-refractivity contribution is 0.492. The smallest absolute Gasteiger partial charge is 0.0355 e. The van der Waals surface area contributed by atoms with Gasteiger partial charge in [0, 0.05) is 24.8 Å². The predicted molar refractivity (Wildman–Crippen MR) is 48.5 cm³/mol. The van der Waals surface area contributed by atoms with Crippen LogP contribution in [0, 0.1) is 0 Å². The molecule has 1 rings (SSSR count). The van der Waals surface area contributed by atoms with Gasteiger partial charge in [-0.05, 0) is 13.3 Å². The highest BCUT2D eigenvalue weighted by molar-refractivity contribution is 5.05. The highest BCUT2D eigenvalue weighted by Gasteiger charge is 2.08. The van der Waals surface area contributed by atoms with Crippen LogP contribution in [0.4, 0.5) is 0 Å². The fraction of sp³-hybridized carbons (Fsp3) is 0.778. The van der Waals surface area contributed by atoms with Crippen molar-refractivity contribution in [2.45, 2.75) is 32.7 Å². The summed E-state index contributed by atoms with van der Waals surface area (Å²) in [6, 6.07) is 0.590. The molecule has 1 atom stereocenters. The van der Waals surface area contributed by atoms with Gasteiger partial charge in [0.2, 0.25) is 0 Å². The summed E-state index contributed by atoms with van der Waals surface area (Å²) in [5.41, 5.74) is 1.37. The summed E-state index contributed by atoms with van der Waals surface area (Å²) >= 11 is 0. The molecule has 11 heavy (non-hydrogen) atoms. The Morgan fingerprint density at radius 2 is 2.45 bits per heavy atom. The van der Waals surface area contributed by atoms with E-state index in [0.29, 0.717) is 6.04 Å². The first kappa shape index (κ1) is 8.60. The lowest BCUT2D eigenvalue weighted by Crippen LogP contribution is -2.44. The molecule has 0 radical (unpaired) electrons. The van der Waals surface area contributed by atoms with Crippen LogP contribution in [0.5, 0.6) is 0 Å². The van der Waals surface area contributed by atoms with Gasteiger partial charge in [0.05, 0.1) is 0 Å². The highest BCUT2D eigenvalue weighted by atomic mass is 15.1. The van der Waals surface area contributed by atoms with Gasteiger partial charge in [-0.2, -0.15) is 0 Å². The minimum Gasteiger partial charge on any atom is -0.384 e. The van der Waals surface area contributed by atoms with Crippen molar-refractivity contribution in [3.63, 3.8) is 0 Å². The quantitative estimate of drug-likeness (QED) is 0.625. The molecule has 0 saturated carbocycles. The largest absolute Gasteiger partial charge is 0.384 e. The van der Waals surface area contributed by atoms with Crippen molar-refractivity contribution in [2.75, 3.05) is 13.1 Å². The van der Waals surface area contributed by atoms with E-state index < -0.39 is 0 Å². The Balaban J connectivity index is 2.32. The lowest BCUT2D eigenvalue weighted by atomic mass is 10.2. The fourth-order valence-corrected chi connectivity index (χ4v) is 1.29. The van der Waals surface area contributed by atoms with Gasteiger partial charge in [-0.15, -0.1) is 0 Å². The van der Waals surface area contributed by atoms with Gasteiger partial charge in [-0.1, -0.05) is 19.4 Å². The van der Waals surface area contributed by atoms with Crippen molar-refractivity contribution < 1.29 is 0 Å². The zero-order valence-electron chi connectivity index (χ0n) is 7.48. The minimum atomic E-state index is 0.590. The Kier molecular flexibility index (Phi) is 3.43. The van der Waals surface area contributed by atoms with E-state index in [1.807, 2.05) is 0 Å². The summed E-state index contributed by atoms with van der Waals surface area (Å²) in [4.78, 5) is 0. The van der Waals surface area contributed by atoms with Crippen LogP contribution in [0.15, 0.2) is 11.8 Å². The second-order valence-electron chi connectivity index (χ2n) is 3.19. The van der Waals surface area contributed by atoms with Crippen molar-refractivity contribution >= 4 is 0 Å². The second kappa shape index (κ2) is 4.39. The van der Waals surface area contributed by atoms with Crippen molar-refractivity contribution in [1.82, 2.24) is 10.6 Å². The van der Waals surface area contributed by atoms with E-state index in [1.54, 1.807) is 0 Å². The fourth-order valence-electron chi connectivity index (χ4n) is 1.29. The zero-order valence-corrected chi connectivity index (χ0v) is 7.48. The molecule has 2 heteroatoms. The standard InChI is InChI=1S/C9H18N2/c1-3-4-5-9-7-10-6-8(2)11-9/h5,8,10-11H,3-4,6-7H2,1-2H3/b9-5+. The van der Waals surface area contributed by atoms with Crippen molar-refractivity contribution in [1.29, 1.82) is 0 Å². The second-order valence-corrected chi connectivity index (χ2v) is 3.19. The first-order valence-corrected chi connectivity index (χ1v) is 4.49. The third-order valence-electron chi connectivity index (χ3n) is 1.88. The number of rotatable bonds is 2. The third kappa shape index (κ3) is 2.93. The van der Waals surface area contributed by atoms with Crippen molar-refractivity contribution in [3.05, 3.63) is 11.8 Å². The summed E-state index contributed by atoms with van der Waals surface area (Å²) in [5, 5.41) is 6.81. The van der Waals surface area contributed by atoms with Crippen LogP contribution in [0.3, 0.4) is 0 Å². The molecule has 1 fully saturated rings. The normalized spacial score (nSPS) is 28.5. The molecule has 0 aliphatic carbocycles. The number of hydrogen-bond donors (Lipinski definition) is 2. The lowest BCUT2D eigenvalue weighted by Gasteiger charge is -2.24. The number of unbranched alkanes of at least 4 members (excludes halogenated alkanes) is 1. The summed E-state index contributed by atoms with van der Waals surface area (Å²) in [6.07, 6.45) is 4.72. The van der Waals surface area contributed by atoms with E-state index in [9.17, 15) is 0 Å². The third-order valence-corrected chi connectivity index (χ3v) is 1.88. The average Bonchev–Trinajstić information content (AvgIpc) is 2.01. The molecule has 1 saturated heterocycles. The molecule has 0 spiro atoms. The van der Waals surface area contributed by atoms with Crippen molar-refractivity contribution in [3.8, 4) is 0 Å². The highest BCUT2D eigenvalue weighted by Crippen LogP contribution is 1.99. The SMILES string of the molecule is CCC/C=C1\CNCC(C)N1. The number of nitrogens with one attached hydrogen (secondary N) is 2. The van der Waals surface area contributed by atoms with Crippen LogP contribution in [0.1, 0.15) is 26.7 Å². The number of piperazine rings is 1. The van der Waals surface area contributed by atoms with Crippen LogP contribution in [0.25, 0.3) is 0 Å². The molecule has 0 aromatic rings. The Morgan fingerprint density at radius 3 is 3.09 bits per heavy atom. The topological polar surface area (TPSA) is 24.1 Å². The first-order valence-electron chi connectivity index (χ1n) is 4.49. The monoisotopic (exact) mass is 154 g/mol. The molecule has 2 N–H and O–H groups in total. The van der Waals surface area contributed by atoms with E-state index in [4.69, 9.17) is 0 Å². The van der Waals surface area contributed by atoms with Crippen molar-refractivity contribution in [2.24, 2.45) is 0 Å². The molecule has 1 aliphatic heterocycles. The molecular weight excluding hydrogens is 136 g/mol. The van der Waals surface area contributed by atoms with Gasteiger partial charge >= 0.3 is 0 Å². The molecule has 1 aliphatic rings. The maximum absolute atomic E-state index is 3.45. The average molecular weight is 154 g/mol. The summed E-state index contributed by atoms with van der Waals surface area (Å²) < 4.78 is 0. The van der Waals surface area contributed by atoms with E-state index in [0.717, 1.165) is 13.1 Å². The van der Waals surface area contributed by atoms with Crippen LogP contribution >= 0.6 is 0 Å². The summed E-state index contributed by atoms with van der Waals surface area (Å²) in [7, 11) is 0. The van der Waals surface area contributed by atoms with Crippen LogP contribution < -0.4 is 10.6 Å². The van der Waals surface area contributed by atoms with Gasteiger partial charge in [0.15, 0.2) is 0 Å². The van der Waals surface area contributed by atoms with E-state index in [2.05, 4.69) is 30.6 Å². The van der Waals surface area contributed by atoms with Gasteiger partial charge < -0.3 is 10.6 Å². The predicted octanol–water partition coefficient (Wildman–Crippen LogP) is 1.25. The Hall–Kier alpha value is -0.500. The van der Waals surface area contributed by atoms with Gasteiger partial charge in [-0.3, -0.25) is 0 Å². The minimum absolute atomic E-state index is 0.590. The maximum atomic E-state index is 3.45. The molecule has 64 valence electrons. The number of hydrogen-bond acceptors (Lipinski definition) is 2. The molecule has 0 amide bonds. The van der Waals surface area contributed by atoms with E-state index in [1.165, 1.54) is 18.5 Å². The first-order chi connectivity index (χ1) is 5.33. The van der Waals surface area contributed by atoms with Gasteiger partial charge in [0.1, 0.15) is 0 Å². The maximum Gasteiger partial charge on any atom is 0.0355 e. The molecule has 2 nitrogen and oxygen atoms in total. The van der Waals surface area contributed by atoms with Gasteiger partial charge in [-0.25, -0.2) is 0 Å². The molecular formula is C9H18N2. The Labute approximate surface area is 69.1 Å². The Morgan fingerprint density at radius 1 is 1.64 bits per heavy atom. The Bertz CT molecular complexity index is 140. The van der Waals surface area contributed by atoms with Crippen LogP contribution in [-0.2, 0) is 0 Å². The molecule has 0 bridgehead atoms. The van der Waals surface area contributed by atoms with Crippen LogP contribution in [-0.4, -0.2) is 19.1 Å². The summed E-state index contributed by atoms with van der Waals surface area (Å²) in [6.45, 7) is 6.51. The molecule has 1 unspecified atom stereocenters. The zero-order chi connectivity index (χ0) is 8.10. The van der Waals surface area contributed by atoms with Gasteiger partial charge in [0.25, 0.3) is 0 Å². The summed E-state index contributed by atoms with van der Waals surface area (Å²) in [5.74, 6) is 0. The number of allylic oxidation sites excluding steroid dienone is 1. The molecule has 1 heterocycles. The van der Waals surface area contributed by atoms with E-state index >= 15 is 0 Å². The molecule has 0 aromatic carbocycles. The van der Waals surface area contributed by atoms with E-state index in [-0.39, 0.29) is 0 Å². The molecule has 0 aromatic heterocycles.